The Hall–Kier alpha value is -3.58. The van der Waals surface area contributed by atoms with E-state index in [1.807, 2.05) is 6.07 Å². The number of nitrogens with one attached hydrogen (secondary N) is 2. The second-order valence-corrected chi connectivity index (χ2v) is 11.9. The van der Waals surface area contributed by atoms with E-state index in [1.54, 1.807) is 13.1 Å². The van der Waals surface area contributed by atoms with E-state index >= 15 is 0 Å². The number of fused-ring (bicyclic) bond motifs is 1. The predicted molar refractivity (Wildman–Crippen MR) is 143 cm³/mol. The van der Waals surface area contributed by atoms with Crippen LogP contribution in [-0.4, -0.2) is 53.8 Å². The highest BCUT2D eigenvalue weighted by molar-refractivity contribution is 7.50. The molecule has 0 atom stereocenters. The monoisotopic (exact) mass is 592 g/mol. The maximum absolute atomic E-state index is 13.9. The Morgan fingerprint density at radius 3 is 2.41 bits per heavy atom. The maximum Gasteiger partial charge on any atom is 0.421 e. The third kappa shape index (κ3) is 6.51. The van der Waals surface area contributed by atoms with Crippen molar-refractivity contribution in [2.45, 2.75) is 56.6 Å². The molecule has 0 saturated heterocycles. The maximum atomic E-state index is 13.9. The topological polar surface area (TPSA) is 161 Å². The molecule has 2 aliphatic rings. The molecule has 1 saturated carbocycles. The van der Waals surface area contributed by atoms with Crippen LogP contribution in [0.5, 0.6) is 0 Å². The van der Waals surface area contributed by atoms with Crippen LogP contribution >= 0.6 is 7.60 Å². The van der Waals surface area contributed by atoms with Crippen LogP contribution in [0, 0.1) is 0 Å². The Kier molecular flexibility index (Phi) is 7.77. The second kappa shape index (κ2) is 11.0. The molecule has 1 amide bonds. The number of hydrogen-bond donors (Lipinski definition) is 5. The van der Waals surface area contributed by atoms with Gasteiger partial charge in [0.1, 0.15) is 17.2 Å². The van der Waals surface area contributed by atoms with Crippen molar-refractivity contribution in [3.05, 3.63) is 64.5 Å². The fourth-order valence-corrected chi connectivity index (χ4v) is 5.93. The summed E-state index contributed by atoms with van der Waals surface area (Å²) >= 11 is 0. The van der Waals surface area contributed by atoms with E-state index in [0.717, 1.165) is 24.0 Å². The first-order valence-electron chi connectivity index (χ1n) is 12.9. The largest absolute Gasteiger partial charge is 0.421 e. The number of anilines is 4. The minimum atomic E-state index is -4.80. The van der Waals surface area contributed by atoms with Crippen LogP contribution in [0.2, 0.25) is 0 Å². The summed E-state index contributed by atoms with van der Waals surface area (Å²) < 4.78 is 53.0. The quantitative estimate of drug-likeness (QED) is 0.244. The summed E-state index contributed by atoms with van der Waals surface area (Å²) in [6.07, 6.45) is -0.996. The molecule has 3 aromatic rings. The molecule has 0 unspecified atom stereocenters. The highest BCUT2D eigenvalue weighted by atomic mass is 31.2. The van der Waals surface area contributed by atoms with Crippen molar-refractivity contribution in [2.24, 2.45) is 0 Å². The van der Waals surface area contributed by atoms with Crippen LogP contribution < -0.4 is 10.6 Å². The van der Waals surface area contributed by atoms with Crippen molar-refractivity contribution in [3.63, 3.8) is 0 Å². The van der Waals surface area contributed by atoms with Gasteiger partial charge >= 0.3 is 13.8 Å². The smallest absolute Gasteiger partial charge is 0.393 e. The summed E-state index contributed by atoms with van der Waals surface area (Å²) in [5.41, 5.74) is 1.33. The molecule has 1 aromatic carbocycles. The zero-order valence-electron chi connectivity index (χ0n) is 21.9. The number of aliphatic hydroxyl groups is 1. The first-order valence-corrected chi connectivity index (χ1v) is 14.7. The summed E-state index contributed by atoms with van der Waals surface area (Å²) in [5.74, 6) is -0.813. The Labute approximate surface area is 233 Å². The number of aliphatic hydroxyl groups excluding tert-OH is 1. The number of alkyl halides is 3. The number of halogens is 3. The van der Waals surface area contributed by atoms with Gasteiger partial charge in [0.2, 0.25) is 5.95 Å². The summed E-state index contributed by atoms with van der Waals surface area (Å²) in [7, 11) is -2.66. The molecule has 15 heteroatoms. The minimum Gasteiger partial charge on any atom is -0.393 e. The van der Waals surface area contributed by atoms with Gasteiger partial charge in [0, 0.05) is 26.0 Å². The van der Waals surface area contributed by atoms with Gasteiger partial charge in [0.25, 0.3) is 5.91 Å². The van der Waals surface area contributed by atoms with Crippen LogP contribution in [0.3, 0.4) is 0 Å². The molecule has 5 rings (SSSR count). The molecule has 0 spiro atoms. The highest BCUT2D eigenvalue weighted by Crippen LogP contribution is 2.42. The van der Waals surface area contributed by atoms with Gasteiger partial charge in [0.05, 0.1) is 23.5 Å². The van der Waals surface area contributed by atoms with Crippen LogP contribution in [0.15, 0.2) is 36.7 Å². The van der Waals surface area contributed by atoms with E-state index in [2.05, 4.69) is 25.6 Å². The number of pyridine rings is 1. The summed E-state index contributed by atoms with van der Waals surface area (Å²) in [4.78, 5) is 44.7. The van der Waals surface area contributed by atoms with Gasteiger partial charge in [-0.05, 0) is 60.4 Å². The van der Waals surface area contributed by atoms with Gasteiger partial charge in [-0.25, -0.2) is 9.97 Å². The fourth-order valence-electron chi connectivity index (χ4n) is 5.27. The van der Waals surface area contributed by atoms with E-state index < -0.39 is 31.3 Å². The molecule has 3 heterocycles. The molecule has 1 fully saturated rings. The van der Waals surface area contributed by atoms with Crippen molar-refractivity contribution < 1.29 is 37.4 Å². The lowest BCUT2D eigenvalue weighted by atomic mass is 9.80. The van der Waals surface area contributed by atoms with E-state index in [1.165, 1.54) is 23.2 Å². The number of amides is 1. The van der Waals surface area contributed by atoms with Crippen molar-refractivity contribution in [1.82, 2.24) is 19.9 Å². The number of benzene rings is 1. The Morgan fingerprint density at radius 2 is 1.78 bits per heavy atom. The molecule has 1 aliphatic heterocycles. The normalized spacial score (nSPS) is 19.3. The van der Waals surface area contributed by atoms with Crippen LogP contribution in [0.4, 0.5) is 36.4 Å². The SMILES string of the molecule is CN1Cc2c(C3CCC(O)CC3)ccc(Nc3nc(Nc4ccc(CP(=O)(O)O)cn4)ncc3C(F)(F)F)c2C1=O. The van der Waals surface area contributed by atoms with E-state index in [-0.39, 0.29) is 40.9 Å². The number of carbonyl (C=O) groups excluding carboxylic acids is 1. The van der Waals surface area contributed by atoms with Gasteiger partial charge in [0.15, 0.2) is 0 Å². The molecular formula is C26H28F3N6O5P. The Bertz CT molecular complexity index is 1510. The van der Waals surface area contributed by atoms with E-state index in [0.29, 0.717) is 31.1 Å². The van der Waals surface area contributed by atoms with E-state index in [4.69, 9.17) is 9.79 Å². The average Bonchev–Trinajstić information content (AvgIpc) is 3.19. The Balaban J connectivity index is 1.46. The predicted octanol–water partition coefficient (Wildman–Crippen LogP) is 4.66. The molecule has 1 aliphatic carbocycles. The molecular weight excluding hydrogens is 564 g/mol. The lowest BCUT2D eigenvalue weighted by molar-refractivity contribution is -0.137. The van der Waals surface area contributed by atoms with Gasteiger partial charge in [-0.15, -0.1) is 0 Å². The zero-order valence-corrected chi connectivity index (χ0v) is 22.8. The molecule has 0 bridgehead atoms. The van der Waals surface area contributed by atoms with Crippen molar-refractivity contribution in [3.8, 4) is 0 Å². The minimum absolute atomic E-state index is 0.140. The zero-order chi connectivity index (χ0) is 29.5. The molecule has 2 aromatic heterocycles. The van der Waals surface area contributed by atoms with Gasteiger partial charge in [-0.3, -0.25) is 9.36 Å². The number of carbonyl (C=O) groups is 1. The average molecular weight is 593 g/mol. The number of hydrogen-bond acceptors (Lipinski definition) is 8. The third-order valence-electron chi connectivity index (χ3n) is 7.24. The summed E-state index contributed by atoms with van der Waals surface area (Å²) in [6, 6.07) is 6.22. The molecule has 218 valence electrons. The molecule has 0 radical (unpaired) electrons. The highest BCUT2D eigenvalue weighted by Gasteiger charge is 2.37. The third-order valence-corrected chi connectivity index (χ3v) is 8.02. The molecule has 5 N–H and O–H groups in total. The van der Waals surface area contributed by atoms with Crippen LogP contribution in [-0.2, 0) is 23.4 Å². The molecule has 11 nitrogen and oxygen atoms in total. The lowest BCUT2D eigenvalue weighted by Gasteiger charge is -2.27. The standard InChI is InChI=1S/C26H28F3N6O5P/c1-35-12-18-17(15-3-5-16(36)6-4-15)7-8-20(22(18)24(35)37)32-23-19(26(27,28)29)11-31-25(34-23)33-21-9-2-14(10-30-21)13-41(38,39)40/h2,7-11,15-16,36H,3-6,12-13H2,1H3,(H2,38,39,40)(H2,30,31,32,33,34). The van der Waals surface area contributed by atoms with Crippen LogP contribution in [0.1, 0.15) is 64.2 Å². The Morgan fingerprint density at radius 1 is 1.05 bits per heavy atom. The van der Waals surface area contributed by atoms with Crippen molar-refractivity contribution >= 4 is 36.8 Å². The number of aromatic nitrogens is 3. The fraction of sp³-hybridized carbons (Fsp3) is 0.385. The summed E-state index contributed by atoms with van der Waals surface area (Å²) in [5, 5.41) is 15.3. The first kappa shape index (κ1) is 28.9. The van der Waals surface area contributed by atoms with Crippen molar-refractivity contribution in [2.75, 3.05) is 17.7 Å². The lowest BCUT2D eigenvalue weighted by Crippen LogP contribution is -2.18. The van der Waals surface area contributed by atoms with Gasteiger partial charge in [-0.1, -0.05) is 12.1 Å². The van der Waals surface area contributed by atoms with E-state index in [9.17, 15) is 27.6 Å². The van der Waals surface area contributed by atoms with Gasteiger partial charge in [-0.2, -0.15) is 18.2 Å². The second-order valence-electron chi connectivity index (χ2n) is 10.3. The van der Waals surface area contributed by atoms with Crippen molar-refractivity contribution in [1.29, 1.82) is 0 Å². The van der Waals surface area contributed by atoms with Crippen LogP contribution in [0.25, 0.3) is 0 Å². The molecule has 41 heavy (non-hydrogen) atoms. The first-order chi connectivity index (χ1) is 19.3. The number of nitrogens with zero attached hydrogens (tertiary/aromatic N) is 4. The number of rotatable bonds is 7. The summed E-state index contributed by atoms with van der Waals surface area (Å²) in [6.45, 7) is 0.324. The van der Waals surface area contributed by atoms with Gasteiger partial charge < -0.3 is 30.4 Å².